The molecule has 0 aliphatic rings. The van der Waals surface area contributed by atoms with Crippen LogP contribution in [0.15, 0.2) is 41.1 Å². The van der Waals surface area contributed by atoms with E-state index in [2.05, 4.69) is 15.1 Å². The molecule has 0 bridgehead atoms. The van der Waals surface area contributed by atoms with E-state index in [4.69, 9.17) is 4.52 Å². The van der Waals surface area contributed by atoms with Crippen LogP contribution < -0.4 is 0 Å². The summed E-state index contributed by atoms with van der Waals surface area (Å²) < 4.78 is 6.22. The molecule has 1 atom stereocenters. The van der Waals surface area contributed by atoms with Gasteiger partial charge in [-0.1, -0.05) is 17.3 Å². The van der Waals surface area contributed by atoms with E-state index in [1.807, 2.05) is 38.1 Å². The number of nitrogens with zero attached hydrogens (tertiary/aromatic N) is 4. The number of rotatable bonds is 3. The predicted octanol–water partition coefficient (Wildman–Crippen LogP) is 3.97. The number of amides is 1. The Hall–Kier alpha value is -2.80. The Morgan fingerprint density at radius 1 is 1.32 bits per heavy atom. The second-order valence-electron chi connectivity index (χ2n) is 5.96. The van der Waals surface area contributed by atoms with Crippen LogP contribution in [-0.4, -0.2) is 33.0 Å². The first-order valence-electron chi connectivity index (χ1n) is 7.89. The lowest BCUT2D eigenvalue weighted by atomic mass is 10.1. The van der Waals surface area contributed by atoms with Crippen molar-refractivity contribution in [3.8, 4) is 0 Å². The van der Waals surface area contributed by atoms with Gasteiger partial charge in [-0.25, -0.2) is 9.97 Å². The molecule has 1 amide bonds. The summed E-state index contributed by atoms with van der Waals surface area (Å²) in [6.07, 6.45) is 1.52. The van der Waals surface area contributed by atoms with E-state index in [-0.39, 0.29) is 11.9 Å². The van der Waals surface area contributed by atoms with Crippen molar-refractivity contribution < 1.29 is 9.32 Å². The Morgan fingerprint density at radius 2 is 2.12 bits per heavy atom. The minimum atomic E-state index is -0.135. The van der Waals surface area contributed by atoms with Gasteiger partial charge in [-0.3, -0.25) is 4.79 Å². The van der Waals surface area contributed by atoms with E-state index in [1.54, 1.807) is 29.4 Å². The highest BCUT2D eigenvalue weighted by Crippen LogP contribution is 2.29. The van der Waals surface area contributed by atoms with E-state index in [0.29, 0.717) is 11.3 Å². The van der Waals surface area contributed by atoms with Crippen molar-refractivity contribution in [1.29, 1.82) is 0 Å². The molecule has 0 aliphatic carbocycles. The Bertz CT molecular complexity index is 1050. The lowest BCUT2D eigenvalue weighted by molar-refractivity contribution is 0.0742. The number of carbonyl (C=O) groups excluding carboxylic acids is 1. The highest BCUT2D eigenvalue weighted by molar-refractivity contribution is 7.18. The number of pyridine rings is 1. The van der Waals surface area contributed by atoms with Crippen molar-refractivity contribution in [3.05, 3.63) is 52.8 Å². The van der Waals surface area contributed by atoms with Crippen molar-refractivity contribution in [1.82, 2.24) is 20.0 Å². The van der Waals surface area contributed by atoms with Gasteiger partial charge in [0.25, 0.3) is 11.6 Å². The summed E-state index contributed by atoms with van der Waals surface area (Å²) in [5.41, 5.74) is 2.63. The smallest absolute Gasteiger partial charge is 0.257 e. The normalized spacial score (nSPS) is 12.6. The summed E-state index contributed by atoms with van der Waals surface area (Å²) in [4.78, 5) is 23.4. The molecular formula is C18H16N4O2S. The van der Waals surface area contributed by atoms with Gasteiger partial charge in [0.1, 0.15) is 5.01 Å². The minimum Gasteiger partial charge on any atom is -0.336 e. The van der Waals surface area contributed by atoms with Gasteiger partial charge >= 0.3 is 0 Å². The standard InChI is InChI=1S/C18H16N4O2S/c1-10-13-8-12(9-19-16(13)24-21-10)18(23)22(3)11(2)17-20-14-6-4-5-7-15(14)25-17/h4-9,11H,1-3H3/t11-/m1/s1. The lowest BCUT2D eigenvalue weighted by Gasteiger charge is -2.23. The highest BCUT2D eigenvalue weighted by atomic mass is 32.1. The number of benzene rings is 1. The number of carbonyl (C=O) groups is 1. The fourth-order valence-corrected chi connectivity index (χ4v) is 3.74. The summed E-state index contributed by atoms with van der Waals surface area (Å²) >= 11 is 1.61. The number of aromatic nitrogens is 3. The number of aryl methyl sites for hydroxylation is 1. The molecule has 7 heteroatoms. The molecule has 1 aromatic carbocycles. The van der Waals surface area contributed by atoms with Crippen LogP contribution >= 0.6 is 11.3 Å². The number of thiazole rings is 1. The van der Waals surface area contributed by atoms with Crippen LogP contribution in [0.2, 0.25) is 0 Å². The molecule has 25 heavy (non-hydrogen) atoms. The molecule has 0 unspecified atom stereocenters. The zero-order chi connectivity index (χ0) is 17.6. The molecule has 0 saturated heterocycles. The Morgan fingerprint density at radius 3 is 2.92 bits per heavy atom. The fraction of sp³-hybridized carbons (Fsp3) is 0.222. The maximum atomic E-state index is 12.9. The summed E-state index contributed by atoms with van der Waals surface area (Å²) in [6, 6.07) is 9.62. The second-order valence-corrected chi connectivity index (χ2v) is 7.02. The average Bonchev–Trinajstić information content (AvgIpc) is 3.23. The van der Waals surface area contributed by atoms with Gasteiger partial charge < -0.3 is 9.42 Å². The number of fused-ring (bicyclic) bond motifs is 2. The molecule has 0 N–H and O–H groups in total. The summed E-state index contributed by atoms with van der Waals surface area (Å²) in [7, 11) is 1.78. The average molecular weight is 352 g/mol. The lowest BCUT2D eigenvalue weighted by Crippen LogP contribution is -2.29. The van der Waals surface area contributed by atoms with Gasteiger partial charge in [0.05, 0.1) is 32.9 Å². The summed E-state index contributed by atoms with van der Waals surface area (Å²) in [5, 5.41) is 5.54. The third kappa shape index (κ3) is 2.66. The summed E-state index contributed by atoms with van der Waals surface area (Å²) in [5.74, 6) is -0.109. The van der Waals surface area contributed by atoms with Crippen molar-refractivity contribution in [2.45, 2.75) is 19.9 Å². The van der Waals surface area contributed by atoms with E-state index in [1.165, 1.54) is 6.20 Å². The molecule has 4 aromatic rings. The van der Waals surface area contributed by atoms with E-state index >= 15 is 0 Å². The number of hydrogen-bond acceptors (Lipinski definition) is 6. The molecule has 3 heterocycles. The molecule has 0 saturated carbocycles. The van der Waals surface area contributed by atoms with Gasteiger partial charge in [-0.15, -0.1) is 11.3 Å². The largest absolute Gasteiger partial charge is 0.336 e. The van der Waals surface area contributed by atoms with Crippen molar-refractivity contribution >= 4 is 38.6 Å². The van der Waals surface area contributed by atoms with Gasteiger partial charge in [-0.05, 0) is 32.0 Å². The number of hydrogen-bond donors (Lipinski definition) is 0. The molecule has 0 radical (unpaired) electrons. The van der Waals surface area contributed by atoms with Crippen LogP contribution in [0.4, 0.5) is 0 Å². The molecule has 0 spiro atoms. The third-order valence-electron chi connectivity index (χ3n) is 4.33. The topological polar surface area (TPSA) is 72.1 Å². The van der Waals surface area contributed by atoms with Crippen LogP contribution in [0, 0.1) is 6.92 Å². The molecule has 126 valence electrons. The SMILES string of the molecule is Cc1noc2ncc(C(=O)N(C)[C@H](C)c3nc4ccccc4s3)cc12. The first-order valence-corrected chi connectivity index (χ1v) is 8.71. The predicted molar refractivity (Wildman–Crippen MR) is 96.7 cm³/mol. The molecule has 3 aromatic heterocycles. The van der Waals surface area contributed by atoms with Crippen molar-refractivity contribution in [2.75, 3.05) is 7.05 Å². The van der Waals surface area contributed by atoms with Gasteiger partial charge in [0.2, 0.25) is 0 Å². The van der Waals surface area contributed by atoms with Crippen LogP contribution in [-0.2, 0) is 0 Å². The van der Waals surface area contributed by atoms with Crippen LogP contribution in [0.25, 0.3) is 21.3 Å². The van der Waals surface area contributed by atoms with Crippen molar-refractivity contribution in [2.24, 2.45) is 0 Å². The molecule has 0 aliphatic heterocycles. The zero-order valence-corrected chi connectivity index (χ0v) is 14.9. The molecule has 4 rings (SSSR count). The fourth-order valence-electron chi connectivity index (χ4n) is 2.68. The first-order chi connectivity index (χ1) is 12.0. The molecule has 0 fully saturated rings. The maximum absolute atomic E-state index is 12.9. The third-order valence-corrected chi connectivity index (χ3v) is 5.53. The molecular weight excluding hydrogens is 336 g/mol. The van der Waals surface area contributed by atoms with Crippen LogP contribution in [0.1, 0.15) is 34.0 Å². The first kappa shape index (κ1) is 15.7. The van der Waals surface area contributed by atoms with E-state index in [9.17, 15) is 4.79 Å². The Labute approximate surface area is 148 Å². The second kappa shape index (κ2) is 5.93. The van der Waals surface area contributed by atoms with Crippen molar-refractivity contribution in [3.63, 3.8) is 0 Å². The maximum Gasteiger partial charge on any atom is 0.257 e. The zero-order valence-electron chi connectivity index (χ0n) is 14.1. The monoisotopic (exact) mass is 352 g/mol. The quantitative estimate of drug-likeness (QED) is 0.558. The van der Waals surface area contributed by atoms with Gasteiger partial charge in [-0.2, -0.15) is 0 Å². The highest BCUT2D eigenvalue weighted by Gasteiger charge is 2.23. The summed E-state index contributed by atoms with van der Waals surface area (Å²) in [6.45, 7) is 3.81. The number of para-hydroxylation sites is 1. The van der Waals surface area contributed by atoms with E-state index in [0.717, 1.165) is 26.3 Å². The minimum absolute atomic E-state index is 0.109. The Kier molecular flexibility index (Phi) is 3.73. The van der Waals surface area contributed by atoms with Gasteiger partial charge in [0, 0.05) is 13.2 Å². The molecule has 6 nitrogen and oxygen atoms in total. The van der Waals surface area contributed by atoms with E-state index < -0.39 is 0 Å². The Balaban J connectivity index is 1.64. The van der Waals surface area contributed by atoms with Crippen LogP contribution in [0.5, 0.6) is 0 Å². The van der Waals surface area contributed by atoms with Crippen LogP contribution in [0.3, 0.4) is 0 Å². The van der Waals surface area contributed by atoms with Gasteiger partial charge in [0.15, 0.2) is 0 Å².